The lowest BCUT2D eigenvalue weighted by atomic mass is 9.85. The van der Waals surface area contributed by atoms with Crippen LogP contribution >= 0.6 is 0 Å². The van der Waals surface area contributed by atoms with E-state index < -0.39 is 0 Å². The molecule has 2 aromatic rings. The summed E-state index contributed by atoms with van der Waals surface area (Å²) in [5.74, 6) is 0.958. The first kappa shape index (κ1) is 18.7. The predicted octanol–water partition coefficient (Wildman–Crippen LogP) is 3.66. The van der Waals surface area contributed by atoms with Crippen molar-refractivity contribution in [2.45, 2.75) is 19.3 Å². The number of amides is 1. The van der Waals surface area contributed by atoms with Gasteiger partial charge in [-0.05, 0) is 30.5 Å². The number of benzene rings is 1. The zero-order valence-electron chi connectivity index (χ0n) is 16.3. The summed E-state index contributed by atoms with van der Waals surface area (Å²) in [4.78, 5) is 21.3. The number of carbonyl (C=O) groups excluding carboxylic acids is 1. The van der Waals surface area contributed by atoms with Gasteiger partial charge < -0.3 is 10.2 Å². The molecule has 0 radical (unpaired) electrons. The van der Waals surface area contributed by atoms with Gasteiger partial charge in [0.2, 0.25) is 5.91 Å². The molecular weight excluding hydrogens is 348 g/mol. The Morgan fingerprint density at radius 1 is 1.07 bits per heavy atom. The van der Waals surface area contributed by atoms with Gasteiger partial charge in [0.15, 0.2) is 0 Å². The van der Waals surface area contributed by atoms with E-state index in [1.54, 1.807) is 0 Å². The van der Waals surface area contributed by atoms with E-state index in [0.29, 0.717) is 5.82 Å². The Labute approximate surface area is 167 Å². The lowest BCUT2D eigenvalue weighted by Crippen LogP contribution is -2.46. The van der Waals surface area contributed by atoms with Gasteiger partial charge in [-0.2, -0.15) is 0 Å². The SMILES string of the molecule is O=C(Nc1ccc(N2CCN(C/C=C/c3ccccc3)CC2)cn1)C1CCC1. The monoisotopic (exact) mass is 376 g/mol. The lowest BCUT2D eigenvalue weighted by Gasteiger charge is -2.35. The van der Waals surface area contributed by atoms with Gasteiger partial charge >= 0.3 is 0 Å². The van der Waals surface area contributed by atoms with E-state index >= 15 is 0 Å². The van der Waals surface area contributed by atoms with E-state index in [1.165, 1.54) is 12.0 Å². The Bertz CT molecular complexity index is 791. The van der Waals surface area contributed by atoms with E-state index in [0.717, 1.165) is 51.3 Å². The van der Waals surface area contributed by atoms with Gasteiger partial charge in [-0.3, -0.25) is 9.69 Å². The lowest BCUT2D eigenvalue weighted by molar-refractivity contribution is -0.122. The van der Waals surface area contributed by atoms with E-state index in [2.05, 4.69) is 62.6 Å². The van der Waals surface area contributed by atoms with Gasteiger partial charge in [-0.25, -0.2) is 4.98 Å². The number of anilines is 2. The number of hydrogen-bond acceptors (Lipinski definition) is 4. The first-order valence-corrected chi connectivity index (χ1v) is 10.2. The maximum atomic E-state index is 12.0. The van der Waals surface area contributed by atoms with Crippen LogP contribution < -0.4 is 10.2 Å². The van der Waals surface area contributed by atoms with Crippen molar-refractivity contribution in [3.05, 3.63) is 60.3 Å². The molecule has 28 heavy (non-hydrogen) atoms. The number of rotatable bonds is 6. The number of pyridine rings is 1. The van der Waals surface area contributed by atoms with E-state index in [9.17, 15) is 4.79 Å². The van der Waals surface area contributed by atoms with E-state index in [4.69, 9.17) is 0 Å². The molecule has 0 atom stereocenters. The topological polar surface area (TPSA) is 48.5 Å². The van der Waals surface area contributed by atoms with E-state index in [1.807, 2.05) is 18.3 Å². The van der Waals surface area contributed by atoms with Crippen LogP contribution in [-0.4, -0.2) is 48.5 Å². The molecule has 1 aliphatic heterocycles. The molecular formula is C23H28N4O. The summed E-state index contributed by atoms with van der Waals surface area (Å²) >= 11 is 0. The first-order chi connectivity index (χ1) is 13.8. The standard InChI is InChI=1S/C23H28N4O/c28-23(20-9-4-10-20)25-22-12-11-21(18-24-22)27-16-14-26(15-17-27)13-5-8-19-6-2-1-3-7-19/h1-3,5-8,11-12,18,20H,4,9-10,13-17H2,(H,24,25,28)/b8-5+. The minimum Gasteiger partial charge on any atom is -0.368 e. The molecule has 1 saturated heterocycles. The summed E-state index contributed by atoms with van der Waals surface area (Å²) in [5.41, 5.74) is 2.37. The smallest absolute Gasteiger partial charge is 0.228 e. The molecule has 146 valence electrons. The van der Waals surface area contributed by atoms with Gasteiger partial charge in [0, 0.05) is 38.6 Å². The molecule has 1 N–H and O–H groups in total. The fraction of sp³-hybridized carbons (Fsp3) is 0.391. The predicted molar refractivity (Wildman–Crippen MR) is 114 cm³/mol. The van der Waals surface area contributed by atoms with Gasteiger partial charge in [0.05, 0.1) is 11.9 Å². The summed E-state index contributed by atoms with van der Waals surface area (Å²) in [6.45, 7) is 5.05. The van der Waals surface area contributed by atoms with Gasteiger partial charge in [-0.1, -0.05) is 48.9 Å². The van der Waals surface area contributed by atoms with Crippen LogP contribution in [0.3, 0.4) is 0 Å². The number of piperazine rings is 1. The van der Waals surface area contributed by atoms with Crippen LogP contribution in [-0.2, 0) is 4.79 Å². The van der Waals surface area contributed by atoms with Crippen molar-refractivity contribution in [1.29, 1.82) is 0 Å². The maximum Gasteiger partial charge on any atom is 0.228 e. The minimum absolute atomic E-state index is 0.115. The molecule has 0 unspecified atom stereocenters. The Balaban J connectivity index is 1.23. The molecule has 2 aliphatic rings. The van der Waals surface area contributed by atoms with Gasteiger partial charge in [-0.15, -0.1) is 0 Å². The molecule has 2 heterocycles. The average Bonchev–Trinajstić information content (AvgIpc) is 2.69. The van der Waals surface area contributed by atoms with Gasteiger partial charge in [0.1, 0.15) is 5.82 Å². The Hall–Kier alpha value is -2.66. The van der Waals surface area contributed by atoms with E-state index in [-0.39, 0.29) is 11.8 Å². The zero-order chi connectivity index (χ0) is 19.2. The molecule has 0 bridgehead atoms. The normalized spacial score (nSPS) is 18.2. The van der Waals surface area contributed by atoms with Crippen LogP contribution in [0.15, 0.2) is 54.7 Å². The van der Waals surface area contributed by atoms with Crippen LogP contribution in [0.25, 0.3) is 6.08 Å². The first-order valence-electron chi connectivity index (χ1n) is 10.2. The second-order valence-electron chi connectivity index (χ2n) is 7.62. The minimum atomic E-state index is 0.115. The number of carbonyl (C=O) groups is 1. The molecule has 1 saturated carbocycles. The second kappa shape index (κ2) is 9.02. The molecule has 5 nitrogen and oxygen atoms in total. The molecule has 1 amide bonds. The number of nitrogens with zero attached hydrogens (tertiary/aromatic N) is 3. The van der Waals surface area contributed by atoms with Crippen LogP contribution in [0, 0.1) is 5.92 Å². The Morgan fingerprint density at radius 2 is 1.86 bits per heavy atom. The summed E-state index contributed by atoms with van der Waals surface area (Å²) < 4.78 is 0. The van der Waals surface area contributed by atoms with Crippen molar-refractivity contribution in [2.75, 3.05) is 42.9 Å². The highest BCUT2D eigenvalue weighted by molar-refractivity contribution is 5.92. The van der Waals surface area contributed by atoms with Crippen molar-refractivity contribution >= 4 is 23.5 Å². The van der Waals surface area contributed by atoms with Crippen molar-refractivity contribution in [2.24, 2.45) is 5.92 Å². The highest BCUT2D eigenvalue weighted by Crippen LogP contribution is 2.27. The third-order valence-electron chi connectivity index (χ3n) is 5.69. The summed E-state index contributed by atoms with van der Waals surface area (Å²) in [5, 5.41) is 2.93. The highest BCUT2D eigenvalue weighted by Gasteiger charge is 2.25. The molecule has 2 fully saturated rings. The number of nitrogens with one attached hydrogen (secondary N) is 1. The largest absolute Gasteiger partial charge is 0.368 e. The summed E-state index contributed by atoms with van der Waals surface area (Å²) in [7, 11) is 0. The third kappa shape index (κ3) is 4.78. The molecule has 1 aromatic heterocycles. The highest BCUT2D eigenvalue weighted by atomic mass is 16.2. The molecule has 1 aromatic carbocycles. The van der Waals surface area contributed by atoms with Crippen molar-refractivity contribution in [3.63, 3.8) is 0 Å². The molecule has 1 aliphatic carbocycles. The Kier molecular flexibility index (Phi) is 6.02. The van der Waals surface area contributed by atoms with Crippen molar-refractivity contribution in [3.8, 4) is 0 Å². The summed E-state index contributed by atoms with van der Waals surface area (Å²) in [6.07, 6.45) is 9.49. The van der Waals surface area contributed by atoms with Crippen molar-refractivity contribution in [1.82, 2.24) is 9.88 Å². The molecule has 0 spiro atoms. The average molecular weight is 377 g/mol. The number of aromatic nitrogens is 1. The van der Waals surface area contributed by atoms with Crippen LogP contribution in [0.2, 0.25) is 0 Å². The zero-order valence-corrected chi connectivity index (χ0v) is 16.3. The fourth-order valence-electron chi connectivity index (χ4n) is 3.64. The van der Waals surface area contributed by atoms with Crippen LogP contribution in [0.1, 0.15) is 24.8 Å². The van der Waals surface area contributed by atoms with Crippen LogP contribution in [0.4, 0.5) is 11.5 Å². The second-order valence-corrected chi connectivity index (χ2v) is 7.62. The number of hydrogen-bond donors (Lipinski definition) is 1. The van der Waals surface area contributed by atoms with Crippen molar-refractivity contribution < 1.29 is 4.79 Å². The molecule has 4 rings (SSSR count). The third-order valence-corrected chi connectivity index (χ3v) is 5.69. The quantitative estimate of drug-likeness (QED) is 0.836. The van der Waals surface area contributed by atoms with Crippen LogP contribution in [0.5, 0.6) is 0 Å². The Morgan fingerprint density at radius 3 is 2.50 bits per heavy atom. The fourth-order valence-corrected chi connectivity index (χ4v) is 3.64. The molecule has 5 heteroatoms. The summed E-state index contributed by atoms with van der Waals surface area (Å²) in [6, 6.07) is 14.4. The maximum absolute atomic E-state index is 12.0. The van der Waals surface area contributed by atoms with Gasteiger partial charge in [0.25, 0.3) is 0 Å².